The van der Waals surface area contributed by atoms with Gasteiger partial charge in [-0.05, 0) is 35.0 Å². The summed E-state index contributed by atoms with van der Waals surface area (Å²) in [5, 5.41) is 3.26. The first-order valence-corrected chi connectivity index (χ1v) is 10.7. The van der Waals surface area contributed by atoms with Crippen LogP contribution in [0.15, 0.2) is 46.0 Å². The number of ether oxygens (including phenoxy) is 1. The topological polar surface area (TPSA) is 80.8 Å². The zero-order chi connectivity index (χ0) is 19.2. The van der Waals surface area contributed by atoms with Gasteiger partial charge >= 0.3 is 0 Å². The Morgan fingerprint density at radius 3 is 2.78 bits per heavy atom. The minimum absolute atomic E-state index is 0.0922. The van der Waals surface area contributed by atoms with Crippen LogP contribution in [-0.4, -0.2) is 51.8 Å². The zero-order valence-corrected chi connectivity index (χ0v) is 17.4. The van der Waals surface area contributed by atoms with Crippen LogP contribution in [-0.2, 0) is 14.3 Å². The van der Waals surface area contributed by atoms with Crippen molar-refractivity contribution in [1.82, 2.24) is 10.3 Å². The molecule has 1 aromatic heterocycles. The number of hydrogen-bond donors (Lipinski definition) is 1. The molecule has 0 bridgehead atoms. The third-order valence-corrected chi connectivity index (χ3v) is 7.11. The van der Waals surface area contributed by atoms with Gasteiger partial charge in [-0.1, -0.05) is 17.7 Å². The monoisotopic (exact) mass is 453 g/mol. The molecular weight excluding hydrogens is 434 g/mol. The first kappa shape index (κ1) is 18.7. The van der Waals surface area contributed by atoms with Crippen LogP contribution >= 0.6 is 15.9 Å². The number of halogens is 1. The van der Waals surface area contributed by atoms with Crippen molar-refractivity contribution < 1.29 is 17.3 Å². The number of hydrogen-bond acceptors (Lipinski definition) is 7. The average Bonchev–Trinajstić information content (AvgIpc) is 2.93. The number of nitrogens with one attached hydrogen (secondary N) is 1. The molecule has 1 N–H and O–H groups in total. The number of aryl methyl sites for hydroxylation is 1. The average molecular weight is 454 g/mol. The Labute approximate surface area is 166 Å². The van der Waals surface area contributed by atoms with Crippen molar-refractivity contribution >= 4 is 31.7 Å². The Bertz CT molecular complexity index is 967. The lowest BCUT2D eigenvalue weighted by Crippen LogP contribution is -2.71. The number of aromatic nitrogens is 1. The fourth-order valence-electron chi connectivity index (χ4n) is 3.64. The zero-order valence-electron chi connectivity index (χ0n) is 15.0. The van der Waals surface area contributed by atoms with E-state index in [9.17, 15) is 8.42 Å². The molecule has 7 nitrogen and oxygen atoms in total. The van der Waals surface area contributed by atoms with E-state index in [-0.39, 0.29) is 10.9 Å². The summed E-state index contributed by atoms with van der Waals surface area (Å²) in [5.74, 6) is 0.629. The van der Waals surface area contributed by atoms with Crippen LogP contribution in [0, 0.1) is 6.92 Å². The summed E-state index contributed by atoms with van der Waals surface area (Å²) in [5.41, 5.74) is 1.10. The minimum atomic E-state index is -3.84. The standard InChI is InChI=1S/C18H20BrN3O4S/c1-12-3-5-14(6-4-12)27(23,24)26-18-10-20-9-16(18)22(11-18)13-7-15(25-2)17(19)21-8-13/h3-8,16,20H,9-11H2,1-2H3/t16-,18-/m1/s1. The molecular formula is C18H20BrN3O4S. The molecule has 0 saturated carbocycles. The molecule has 1 aromatic carbocycles. The summed E-state index contributed by atoms with van der Waals surface area (Å²) in [7, 11) is -2.26. The number of methoxy groups -OCH3 is 1. The number of benzene rings is 1. The highest BCUT2D eigenvalue weighted by molar-refractivity contribution is 9.10. The highest BCUT2D eigenvalue weighted by Gasteiger charge is 2.59. The van der Waals surface area contributed by atoms with Gasteiger partial charge in [0.1, 0.15) is 10.2 Å². The van der Waals surface area contributed by atoms with Gasteiger partial charge in [-0.3, -0.25) is 4.18 Å². The summed E-state index contributed by atoms with van der Waals surface area (Å²) >= 11 is 3.35. The van der Waals surface area contributed by atoms with E-state index in [2.05, 4.69) is 31.1 Å². The minimum Gasteiger partial charge on any atom is -0.494 e. The van der Waals surface area contributed by atoms with Gasteiger partial charge in [-0.15, -0.1) is 0 Å². The van der Waals surface area contributed by atoms with E-state index in [0.29, 0.717) is 30.0 Å². The van der Waals surface area contributed by atoms with Crippen molar-refractivity contribution in [1.29, 1.82) is 0 Å². The quantitative estimate of drug-likeness (QED) is 0.548. The van der Waals surface area contributed by atoms with E-state index in [1.54, 1.807) is 37.6 Å². The Hall–Kier alpha value is -1.68. The molecule has 4 rings (SSSR count). The molecule has 9 heteroatoms. The van der Waals surface area contributed by atoms with Crippen LogP contribution in [0.4, 0.5) is 5.69 Å². The normalized spacial score (nSPS) is 24.4. The second kappa shape index (κ2) is 6.73. The molecule has 0 spiro atoms. The van der Waals surface area contributed by atoms with Crippen LogP contribution in [0.1, 0.15) is 5.56 Å². The van der Waals surface area contributed by atoms with E-state index in [4.69, 9.17) is 8.92 Å². The predicted octanol–water partition coefficient (Wildman–Crippen LogP) is 2.10. The Morgan fingerprint density at radius 2 is 2.07 bits per heavy atom. The van der Waals surface area contributed by atoms with Gasteiger partial charge in [0.2, 0.25) is 0 Å². The van der Waals surface area contributed by atoms with Gasteiger partial charge in [0.15, 0.2) is 5.75 Å². The van der Waals surface area contributed by atoms with E-state index >= 15 is 0 Å². The van der Waals surface area contributed by atoms with Crippen LogP contribution in [0.2, 0.25) is 0 Å². The van der Waals surface area contributed by atoms with Crippen molar-refractivity contribution in [2.45, 2.75) is 23.5 Å². The third kappa shape index (κ3) is 3.22. The third-order valence-electron chi connectivity index (χ3n) is 5.11. The van der Waals surface area contributed by atoms with Gasteiger partial charge in [0.05, 0.1) is 36.5 Å². The predicted molar refractivity (Wildman–Crippen MR) is 105 cm³/mol. The van der Waals surface area contributed by atoms with Gasteiger partial charge < -0.3 is 15.0 Å². The largest absolute Gasteiger partial charge is 0.494 e. The SMILES string of the molecule is COc1cc(N2C[C@]3(OS(=O)(=O)c4ccc(C)cc4)CNC[C@@H]23)cnc1Br. The molecule has 0 radical (unpaired) electrons. The fraction of sp³-hybridized carbons (Fsp3) is 0.389. The Morgan fingerprint density at radius 1 is 1.33 bits per heavy atom. The van der Waals surface area contributed by atoms with Gasteiger partial charge in [-0.25, -0.2) is 4.98 Å². The highest BCUT2D eigenvalue weighted by Crippen LogP contribution is 2.42. The summed E-state index contributed by atoms with van der Waals surface area (Å²) in [4.78, 5) is 6.56. The molecule has 2 aliphatic rings. The molecule has 144 valence electrons. The lowest BCUT2D eigenvalue weighted by atomic mass is 9.86. The fourth-order valence-corrected chi connectivity index (χ4v) is 5.24. The lowest BCUT2D eigenvalue weighted by molar-refractivity contribution is 0.0348. The maximum absolute atomic E-state index is 12.8. The molecule has 2 fully saturated rings. The van der Waals surface area contributed by atoms with E-state index in [1.165, 1.54) is 0 Å². The van der Waals surface area contributed by atoms with E-state index in [1.807, 2.05) is 13.0 Å². The van der Waals surface area contributed by atoms with Gasteiger partial charge in [0, 0.05) is 19.2 Å². The van der Waals surface area contributed by atoms with E-state index in [0.717, 1.165) is 11.3 Å². The Balaban J connectivity index is 1.57. The smallest absolute Gasteiger partial charge is 0.297 e. The van der Waals surface area contributed by atoms with Crippen molar-refractivity contribution in [2.75, 3.05) is 31.6 Å². The molecule has 27 heavy (non-hydrogen) atoms. The number of anilines is 1. The van der Waals surface area contributed by atoms with Crippen LogP contribution < -0.4 is 15.0 Å². The molecule has 2 aromatic rings. The summed E-state index contributed by atoms with van der Waals surface area (Å²) in [6.07, 6.45) is 1.74. The molecule has 3 heterocycles. The van der Waals surface area contributed by atoms with Crippen LogP contribution in [0.3, 0.4) is 0 Å². The van der Waals surface area contributed by atoms with Gasteiger partial charge in [0.25, 0.3) is 10.1 Å². The van der Waals surface area contributed by atoms with Crippen molar-refractivity contribution in [2.24, 2.45) is 0 Å². The summed E-state index contributed by atoms with van der Waals surface area (Å²) < 4.78 is 37.2. The maximum Gasteiger partial charge on any atom is 0.297 e. The second-order valence-electron chi connectivity index (χ2n) is 6.88. The second-order valence-corrected chi connectivity index (χ2v) is 9.17. The molecule has 2 saturated heterocycles. The van der Waals surface area contributed by atoms with Crippen LogP contribution in [0.5, 0.6) is 5.75 Å². The van der Waals surface area contributed by atoms with Crippen LogP contribution in [0.25, 0.3) is 0 Å². The first-order valence-electron chi connectivity index (χ1n) is 8.54. The first-order chi connectivity index (χ1) is 12.8. The maximum atomic E-state index is 12.8. The number of pyridine rings is 1. The lowest BCUT2D eigenvalue weighted by Gasteiger charge is -2.53. The molecule has 2 aliphatic heterocycles. The van der Waals surface area contributed by atoms with E-state index < -0.39 is 15.7 Å². The highest BCUT2D eigenvalue weighted by atomic mass is 79.9. The molecule has 0 amide bonds. The molecule has 2 atom stereocenters. The van der Waals surface area contributed by atoms with Gasteiger partial charge in [-0.2, -0.15) is 8.42 Å². The number of rotatable bonds is 5. The van der Waals surface area contributed by atoms with Crippen molar-refractivity contribution in [3.05, 3.63) is 46.7 Å². The number of fused-ring (bicyclic) bond motifs is 1. The van der Waals surface area contributed by atoms with Crippen molar-refractivity contribution in [3.63, 3.8) is 0 Å². The number of nitrogens with zero attached hydrogens (tertiary/aromatic N) is 2. The molecule has 0 aliphatic carbocycles. The van der Waals surface area contributed by atoms with Crippen molar-refractivity contribution in [3.8, 4) is 5.75 Å². The summed E-state index contributed by atoms with van der Waals surface area (Å²) in [6.45, 7) is 3.50. The Kier molecular flexibility index (Phi) is 4.66. The molecule has 0 unspecified atom stereocenters. The summed E-state index contributed by atoms with van der Waals surface area (Å²) in [6, 6.07) is 8.49.